The van der Waals surface area contributed by atoms with Gasteiger partial charge in [0.15, 0.2) is 0 Å². The first-order valence-electron chi connectivity index (χ1n) is 6.03. The first kappa shape index (κ1) is 14.8. The third kappa shape index (κ3) is 2.95. The van der Waals surface area contributed by atoms with Gasteiger partial charge in [0.05, 0.1) is 13.1 Å². The molecule has 1 aliphatic rings. The van der Waals surface area contributed by atoms with Crippen LogP contribution in [0.4, 0.5) is 4.79 Å². The van der Waals surface area contributed by atoms with Crippen molar-refractivity contribution in [1.82, 2.24) is 4.90 Å². The Balaban J connectivity index is 2.04. The smallest absolute Gasteiger partial charge is 0.410 e. The summed E-state index contributed by atoms with van der Waals surface area (Å²) in [6, 6.07) is 0. The van der Waals surface area contributed by atoms with Gasteiger partial charge in [-0.25, -0.2) is 4.79 Å². The summed E-state index contributed by atoms with van der Waals surface area (Å²) in [5, 5.41) is 4.08. The van der Waals surface area contributed by atoms with Crippen LogP contribution in [0.3, 0.4) is 0 Å². The average Bonchev–Trinajstić information content (AvgIpc) is 2.62. The number of methoxy groups -OCH3 is 1. The van der Waals surface area contributed by atoms with Gasteiger partial charge in [-0.05, 0) is 42.1 Å². The van der Waals surface area contributed by atoms with E-state index in [0.717, 1.165) is 10.0 Å². The highest BCUT2D eigenvalue weighted by atomic mass is 79.9. The van der Waals surface area contributed by atoms with Crippen molar-refractivity contribution in [1.29, 1.82) is 0 Å². The predicted octanol–water partition coefficient (Wildman–Crippen LogP) is 3.60. The van der Waals surface area contributed by atoms with Gasteiger partial charge in [-0.3, -0.25) is 0 Å². The van der Waals surface area contributed by atoms with Crippen molar-refractivity contribution in [2.24, 2.45) is 0 Å². The molecule has 1 aliphatic heterocycles. The van der Waals surface area contributed by atoms with E-state index in [1.807, 2.05) is 26.2 Å². The molecule has 1 saturated heterocycles. The largest absolute Gasteiger partial charge is 0.444 e. The molecule has 0 unspecified atom stereocenters. The number of hydrogen-bond donors (Lipinski definition) is 0. The molecule has 0 atom stereocenters. The molecule has 0 radical (unpaired) electrons. The number of amides is 1. The fraction of sp³-hybridized carbons (Fsp3) is 0.615. The number of rotatable bonds is 2. The van der Waals surface area contributed by atoms with Gasteiger partial charge in [0, 0.05) is 22.5 Å². The van der Waals surface area contributed by atoms with E-state index in [1.54, 1.807) is 23.3 Å². The second-order valence-corrected chi connectivity index (χ2v) is 7.27. The number of carbonyl (C=O) groups is 1. The van der Waals surface area contributed by atoms with Crippen LogP contribution in [0.1, 0.15) is 26.3 Å². The van der Waals surface area contributed by atoms with Crippen LogP contribution in [0.25, 0.3) is 0 Å². The summed E-state index contributed by atoms with van der Waals surface area (Å²) in [5.74, 6) is 0. The lowest BCUT2D eigenvalue weighted by molar-refractivity contribution is -0.127. The molecule has 4 nitrogen and oxygen atoms in total. The Morgan fingerprint density at radius 3 is 2.47 bits per heavy atom. The molecular formula is C13H18BrNO3S. The number of hydrogen-bond acceptors (Lipinski definition) is 4. The molecule has 106 valence electrons. The second kappa shape index (κ2) is 5.07. The van der Waals surface area contributed by atoms with Gasteiger partial charge >= 0.3 is 6.09 Å². The van der Waals surface area contributed by atoms with Crippen molar-refractivity contribution in [3.05, 3.63) is 20.8 Å². The van der Waals surface area contributed by atoms with Crippen molar-refractivity contribution in [3.8, 4) is 0 Å². The molecule has 6 heteroatoms. The molecule has 1 amide bonds. The van der Waals surface area contributed by atoms with E-state index < -0.39 is 11.2 Å². The van der Waals surface area contributed by atoms with Gasteiger partial charge < -0.3 is 14.4 Å². The number of thiophene rings is 1. The summed E-state index contributed by atoms with van der Waals surface area (Å²) >= 11 is 5.13. The van der Waals surface area contributed by atoms with Crippen molar-refractivity contribution in [3.63, 3.8) is 0 Å². The maximum Gasteiger partial charge on any atom is 0.410 e. The minimum Gasteiger partial charge on any atom is -0.444 e. The van der Waals surface area contributed by atoms with Gasteiger partial charge in [-0.1, -0.05) is 0 Å². The highest BCUT2D eigenvalue weighted by molar-refractivity contribution is 9.10. The quantitative estimate of drug-likeness (QED) is 0.820. The molecule has 19 heavy (non-hydrogen) atoms. The Kier molecular flexibility index (Phi) is 3.95. The molecule has 1 aromatic heterocycles. The van der Waals surface area contributed by atoms with Crippen molar-refractivity contribution in [2.45, 2.75) is 32.0 Å². The molecule has 2 heterocycles. The van der Waals surface area contributed by atoms with Gasteiger partial charge in [-0.2, -0.15) is 11.3 Å². The SMILES string of the molecule is COC1(c2cscc2Br)CN(C(=O)OC(C)(C)C)C1. The molecule has 0 aliphatic carbocycles. The summed E-state index contributed by atoms with van der Waals surface area (Å²) < 4.78 is 12.0. The number of halogens is 1. The Morgan fingerprint density at radius 2 is 2.05 bits per heavy atom. The van der Waals surface area contributed by atoms with E-state index in [2.05, 4.69) is 21.3 Å². The molecule has 1 aromatic rings. The second-order valence-electron chi connectivity index (χ2n) is 5.67. The molecule has 0 N–H and O–H groups in total. The maximum atomic E-state index is 11.9. The molecule has 0 spiro atoms. The van der Waals surface area contributed by atoms with Crippen LogP contribution in [0.5, 0.6) is 0 Å². The number of carbonyl (C=O) groups excluding carboxylic acids is 1. The van der Waals surface area contributed by atoms with Crippen LogP contribution < -0.4 is 0 Å². The lowest BCUT2D eigenvalue weighted by Crippen LogP contribution is -2.62. The van der Waals surface area contributed by atoms with E-state index in [9.17, 15) is 4.79 Å². The molecule has 1 fully saturated rings. The van der Waals surface area contributed by atoms with E-state index in [1.165, 1.54) is 0 Å². The fourth-order valence-corrected chi connectivity index (χ4v) is 3.79. The van der Waals surface area contributed by atoms with Gasteiger partial charge in [-0.15, -0.1) is 0 Å². The van der Waals surface area contributed by atoms with Crippen LogP contribution in [0.2, 0.25) is 0 Å². The monoisotopic (exact) mass is 347 g/mol. The maximum absolute atomic E-state index is 11.9. The minimum atomic E-state index is -0.467. The highest BCUT2D eigenvalue weighted by Gasteiger charge is 2.49. The lowest BCUT2D eigenvalue weighted by Gasteiger charge is -2.48. The predicted molar refractivity (Wildman–Crippen MR) is 78.5 cm³/mol. The molecule has 0 aromatic carbocycles. The number of ether oxygens (including phenoxy) is 2. The topological polar surface area (TPSA) is 38.8 Å². The normalized spacial score (nSPS) is 18.1. The molecule has 0 saturated carbocycles. The zero-order valence-corrected chi connectivity index (χ0v) is 13.9. The van der Waals surface area contributed by atoms with Crippen LogP contribution in [0, 0.1) is 0 Å². The summed E-state index contributed by atoms with van der Waals surface area (Å²) in [5.41, 5.74) is 0.223. The van der Waals surface area contributed by atoms with Crippen LogP contribution >= 0.6 is 27.3 Å². The van der Waals surface area contributed by atoms with Crippen LogP contribution in [-0.2, 0) is 15.1 Å². The number of nitrogens with zero attached hydrogens (tertiary/aromatic N) is 1. The van der Waals surface area contributed by atoms with Crippen LogP contribution in [0.15, 0.2) is 15.2 Å². The average molecular weight is 348 g/mol. The van der Waals surface area contributed by atoms with E-state index in [4.69, 9.17) is 9.47 Å². The Labute approximate surface area is 125 Å². The molecule has 2 rings (SSSR count). The standard InChI is InChI=1S/C13H18BrNO3S/c1-12(2,3)18-11(16)15-7-13(8-15,17-4)9-5-19-6-10(9)14/h5-6H,7-8H2,1-4H3. The first-order chi connectivity index (χ1) is 8.77. The summed E-state index contributed by atoms with van der Waals surface area (Å²) in [6.07, 6.45) is -0.286. The van der Waals surface area contributed by atoms with E-state index in [0.29, 0.717) is 13.1 Å². The van der Waals surface area contributed by atoms with Gasteiger partial charge in [0.1, 0.15) is 11.2 Å². The third-order valence-corrected chi connectivity index (χ3v) is 4.74. The Morgan fingerprint density at radius 1 is 1.42 bits per heavy atom. The summed E-state index contributed by atoms with van der Waals surface area (Å²) in [7, 11) is 1.68. The Bertz CT molecular complexity index is 474. The van der Waals surface area contributed by atoms with Crippen molar-refractivity contribution < 1.29 is 14.3 Å². The van der Waals surface area contributed by atoms with Crippen molar-refractivity contribution >= 4 is 33.4 Å². The highest BCUT2D eigenvalue weighted by Crippen LogP contribution is 2.41. The Hall–Kier alpha value is -0.590. The van der Waals surface area contributed by atoms with E-state index in [-0.39, 0.29) is 6.09 Å². The summed E-state index contributed by atoms with van der Waals surface area (Å²) in [4.78, 5) is 13.6. The minimum absolute atomic E-state index is 0.286. The molecular weight excluding hydrogens is 330 g/mol. The lowest BCUT2D eigenvalue weighted by atomic mass is 9.88. The summed E-state index contributed by atoms with van der Waals surface area (Å²) in [6.45, 7) is 6.64. The zero-order valence-electron chi connectivity index (χ0n) is 11.5. The molecule has 0 bridgehead atoms. The van der Waals surface area contributed by atoms with E-state index >= 15 is 0 Å². The number of likely N-dealkylation sites (tertiary alicyclic amines) is 1. The van der Waals surface area contributed by atoms with Gasteiger partial charge in [0.25, 0.3) is 0 Å². The van der Waals surface area contributed by atoms with Gasteiger partial charge in [0.2, 0.25) is 0 Å². The van der Waals surface area contributed by atoms with Crippen molar-refractivity contribution in [2.75, 3.05) is 20.2 Å². The zero-order chi connectivity index (χ0) is 14.3. The third-order valence-electron chi connectivity index (χ3n) is 3.04. The van der Waals surface area contributed by atoms with Crippen LogP contribution in [-0.4, -0.2) is 36.8 Å². The fourth-order valence-electron chi connectivity index (χ4n) is 2.04. The first-order valence-corrected chi connectivity index (χ1v) is 7.76.